The third-order valence-electron chi connectivity index (χ3n) is 6.12. The number of hydrogen-bond acceptors (Lipinski definition) is 5. The summed E-state index contributed by atoms with van der Waals surface area (Å²) in [7, 11) is 5.85. The second-order valence-corrected chi connectivity index (χ2v) is 9.01. The summed E-state index contributed by atoms with van der Waals surface area (Å²) >= 11 is 0. The normalized spacial score (nSPS) is 16.2. The first kappa shape index (κ1) is 24.0. The van der Waals surface area contributed by atoms with Crippen LogP contribution in [0.4, 0.5) is 0 Å². The molecule has 0 spiro atoms. The summed E-state index contributed by atoms with van der Waals surface area (Å²) in [5.74, 6) is 2.38. The Morgan fingerprint density at radius 2 is 1.86 bits per heavy atom. The van der Waals surface area contributed by atoms with E-state index in [1.165, 1.54) is 44.1 Å². The molecule has 0 heterocycles. The number of methoxy groups -OCH3 is 1. The molecular weight excluding hydrogens is 364 g/mol. The molecule has 1 unspecified atom stereocenters. The first-order valence-electron chi connectivity index (χ1n) is 11.3. The van der Waals surface area contributed by atoms with Gasteiger partial charge >= 0.3 is 0 Å². The second-order valence-electron chi connectivity index (χ2n) is 9.01. The van der Waals surface area contributed by atoms with Gasteiger partial charge in [-0.15, -0.1) is 0 Å². The average molecular weight is 407 g/mol. The molecule has 1 N–H and O–H groups in total. The van der Waals surface area contributed by atoms with Crippen LogP contribution in [-0.2, 0) is 6.54 Å². The van der Waals surface area contributed by atoms with Gasteiger partial charge in [0.1, 0.15) is 12.7 Å². The highest BCUT2D eigenvalue weighted by atomic mass is 16.5. The fourth-order valence-electron chi connectivity index (χ4n) is 4.05. The number of nitrogens with zero attached hydrogens (tertiary/aromatic N) is 2. The Kier molecular flexibility index (Phi) is 10.3. The van der Waals surface area contributed by atoms with Gasteiger partial charge in [0, 0.05) is 19.1 Å². The Morgan fingerprint density at radius 1 is 1.14 bits per heavy atom. The van der Waals surface area contributed by atoms with Crippen LogP contribution in [0.25, 0.3) is 0 Å². The Balaban J connectivity index is 1.83. The van der Waals surface area contributed by atoms with E-state index in [0.717, 1.165) is 19.0 Å². The third-order valence-corrected chi connectivity index (χ3v) is 6.12. The summed E-state index contributed by atoms with van der Waals surface area (Å²) in [6.45, 7) is 7.09. The van der Waals surface area contributed by atoms with E-state index in [-0.39, 0.29) is 6.61 Å². The third kappa shape index (κ3) is 8.53. The molecule has 0 radical (unpaired) electrons. The van der Waals surface area contributed by atoms with Crippen LogP contribution in [0, 0.1) is 5.92 Å². The van der Waals surface area contributed by atoms with Gasteiger partial charge in [-0.25, -0.2) is 0 Å². The zero-order chi connectivity index (χ0) is 21.2. The maximum absolute atomic E-state index is 10.3. The van der Waals surface area contributed by atoms with E-state index in [9.17, 15) is 5.11 Å². The van der Waals surface area contributed by atoms with Crippen LogP contribution in [0.5, 0.6) is 11.5 Å². The monoisotopic (exact) mass is 406 g/mol. The van der Waals surface area contributed by atoms with E-state index in [2.05, 4.69) is 36.8 Å². The van der Waals surface area contributed by atoms with E-state index in [1.807, 2.05) is 19.2 Å². The van der Waals surface area contributed by atoms with E-state index < -0.39 is 6.10 Å². The molecule has 1 fully saturated rings. The number of ether oxygens (including phenoxy) is 2. The molecule has 29 heavy (non-hydrogen) atoms. The van der Waals surface area contributed by atoms with Crippen LogP contribution >= 0.6 is 0 Å². The molecule has 166 valence electrons. The Hall–Kier alpha value is -1.30. The van der Waals surface area contributed by atoms with Crippen molar-refractivity contribution < 1.29 is 14.6 Å². The van der Waals surface area contributed by atoms with Crippen molar-refractivity contribution in [2.24, 2.45) is 5.92 Å². The lowest BCUT2D eigenvalue weighted by atomic mass is 10.0. The van der Waals surface area contributed by atoms with Crippen LogP contribution in [0.15, 0.2) is 18.2 Å². The van der Waals surface area contributed by atoms with Gasteiger partial charge in [-0.3, -0.25) is 0 Å². The first-order valence-corrected chi connectivity index (χ1v) is 11.3. The highest BCUT2D eigenvalue weighted by Crippen LogP contribution is 2.30. The van der Waals surface area contributed by atoms with Gasteiger partial charge in [-0.2, -0.15) is 0 Å². The smallest absolute Gasteiger partial charge is 0.161 e. The van der Waals surface area contributed by atoms with Crippen LogP contribution in [-0.4, -0.2) is 68.0 Å². The predicted octanol–water partition coefficient (Wildman–Crippen LogP) is 4.18. The van der Waals surface area contributed by atoms with E-state index in [4.69, 9.17) is 9.47 Å². The molecule has 1 atom stereocenters. The molecular formula is C24H42N2O3. The van der Waals surface area contributed by atoms with E-state index in [0.29, 0.717) is 24.1 Å². The number of aliphatic hydroxyl groups excluding tert-OH is 1. The van der Waals surface area contributed by atoms with Gasteiger partial charge in [-0.05, 0) is 70.9 Å². The zero-order valence-electron chi connectivity index (χ0n) is 19.2. The lowest BCUT2D eigenvalue weighted by Crippen LogP contribution is -2.37. The minimum atomic E-state index is -0.533. The molecule has 1 aromatic rings. The number of aliphatic hydroxyl groups is 1. The number of likely N-dealkylation sites (N-methyl/N-ethyl adjacent to an activating group) is 1. The van der Waals surface area contributed by atoms with Gasteiger partial charge < -0.3 is 24.4 Å². The molecule has 1 aliphatic rings. The Morgan fingerprint density at radius 3 is 2.52 bits per heavy atom. The summed E-state index contributed by atoms with van der Waals surface area (Å²) in [6, 6.07) is 6.50. The van der Waals surface area contributed by atoms with Crippen molar-refractivity contribution in [1.82, 2.24) is 9.80 Å². The minimum absolute atomic E-state index is 0.258. The molecule has 1 aliphatic carbocycles. The van der Waals surface area contributed by atoms with Gasteiger partial charge in [0.15, 0.2) is 11.5 Å². The topological polar surface area (TPSA) is 45.2 Å². The molecule has 0 bridgehead atoms. The molecule has 1 saturated carbocycles. The average Bonchev–Trinajstić information content (AvgIpc) is 3.20. The predicted molar refractivity (Wildman–Crippen MR) is 120 cm³/mol. The van der Waals surface area contributed by atoms with Crippen LogP contribution in [0.2, 0.25) is 0 Å². The van der Waals surface area contributed by atoms with Crippen molar-refractivity contribution in [2.75, 3.05) is 40.9 Å². The fourth-order valence-corrected chi connectivity index (χ4v) is 4.05. The number of rotatable bonds is 13. The summed E-state index contributed by atoms with van der Waals surface area (Å²) in [5.41, 5.74) is 1.21. The van der Waals surface area contributed by atoms with Crippen molar-refractivity contribution >= 4 is 0 Å². The minimum Gasteiger partial charge on any atom is -0.493 e. The van der Waals surface area contributed by atoms with Crippen LogP contribution in [0.1, 0.15) is 57.9 Å². The van der Waals surface area contributed by atoms with Crippen molar-refractivity contribution in [3.8, 4) is 11.5 Å². The number of benzene rings is 1. The Bertz CT molecular complexity index is 587. The largest absolute Gasteiger partial charge is 0.493 e. The molecule has 5 nitrogen and oxygen atoms in total. The second kappa shape index (κ2) is 12.4. The molecule has 5 heteroatoms. The van der Waals surface area contributed by atoms with Crippen LogP contribution < -0.4 is 9.47 Å². The lowest BCUT2D eigenvalue weighted by molar-refractivity contribution is 0.0668. The van der Waals surface area contributed by atoms with Gasteiger partial charge in [0.05, 0.1) is 7.11 Å². The van der Waals surface area contributed by atoms with E-state index >= 15 is 0 Å². The Labute approximate surface area is 178 Å². The van der Waals surface area contributed by atoms with Gasteiger partial charge in [0.25, 0.3) is 0 Å². The summed E-state index contributed by atoms with van der Waals surface area (Å²) in [5, 5.41) is 10.3. The highest BCUT2D eigenvalue weighted by Gasteiger charge is 2.16. The molecule has 0 amide bonds. The van der Waals surface area contributed by atoms with Crippen molar-refractivity contribution in [2.45, 2.75) is 71.1 Å². The lowest BCUT2D eigenvalue weighted by Gasteiger charge is -2.24. The maximum Gasteiger partial charge on any atom is 0.161 e. The maximum atomic E-state index is 10.3. The summed E-state index contributed by atoms with van der Waals surface area (Å²) in [4.78, 5) is 4.50. The molecule has 1 aromatic carbocycles. The van der Waals surface area contributed by atoms with Crippen LogP contribution in [0.3, 0.4) is 0 Å². The van der Waals surface area contributed by atoms with Crippen molar-refractivity contribution in [3.63, 3.8) is 0 Å². The fraction of sp³-hybridized carbons (Fsp3) is 0.750. The quantitative estimate of drug-likeness (QED) is 0.532. The first-order chi connectivity index (χ1) is 13.9. The summed E-state index contributed by atoms with van der Waals surface area (Å²) in [6.07, 6.45) is 7.83. The molecule has 0 aromatic heterocycles. The number of hydrogen-bond donors (Lipinski definition) is 1. The van der Waals surface area contributed by atoms with Crippen molar-refractivity contribution in [3.05, 3.63) is 23.8 Å². The zero-order valence-corrected chi connectivity index (χ0v) is 19.2. The van der Waals surface area contributed by atoms with Gasteiger partial charge in [-0.1, -0.05) is 31.7 Å². The summed E-state index contributed by atoms with van der Waals surface area (Å²) < 4.78 is 11.4. The highest BCUT2D eigenvalue weighted by molar-refractivity contribution is 5.43. The molecule has 0 aliphatic heterocycles. The van der Waals surface area contributed by atoms with Gasteiger partial charge in [0.2, 0.25) is 0 Å². The van der Waals surface area contributed by atoms with E-state index in [1.54, 1.807) is 7.11 Å². The standard InChI is InChI=1S/C24H42N2O3/c1-19(2)26(4)17-22(27)18-29-24-15-21(12-13-23(24)28-5)16-25(3)14-8-11-20-9-6-7-10-20/h12-13,15,19-20,22,27H,6-11,14,16-18H2,1-5H3. The molecule has 2 rings (SSSR count). The SMILES string of the molecule is COc1ccc(CN(C)CCCC2CCCC2)cc1OCC(O)CN(C)C(C)C. The molecule has 0 saturated heterocycles. The van der Waals surface area contributed by atoms with Crippen molar-refractivity contribution in [1.29, 1.82) is 0 Å².